The van der Waals surface area contributed by atoms with Crippen LogP contribution in [0.2, 0.25) is 0 Å². The summed E-state index contributed by atoms with van der Waals surface area (Å²) in [6.07, 6.45) is 0. The number of rotatable bonds is 3. The third kappa shape index (κ3) is 3.09. The highest BCUT2D eigenvalue weighted by atomic mass is 79.9. The van der Waals surface area contributed by atoms with Crippen LogP contribution in [0.25, 0.3) is 0 Å². The van der Waals surface area contributed by atoms with E-state index in [4.69, 9.17) is 0 Å². The summed E-state index contributed by atoms with van der Waals surface area (Å²) < 4.78 is 25.8. The highest BCUT2D eigenvalue weighted by Gasteiger charge is 2.36. The molecule has 112 valence electrons. The summed E-state index contributed by atoms with van der Waals surface area (Å²) in [4.78, 5) is 32.1. The Balaban J connectivity index is 2.53. The van der Waals surface area contributed by atoms with Crippen molar-refractivity contribution in [3.05, 3.63) is 32.8 Å². The Labute approximate surface area is 127 Å². The summed E-state index contributed by atoms with van der Waals surface area (Å²) in [7, 11) is -4.35. The molecule has 1 aliphatic heterocycles. The fraction of sp³-hybridized carbons (Fsp3) is 0.200. The predicted molar refractivity (Wildman–Crippen MR) is 72.7 cm³/mol. The standard InChI is InChI=1S/C10H8BrN3O6S/c11-6-1-2-7(14(17)18)8(3-6)21(19,20)13-4-9(15)12-10(16)5-13/h1-3H,4-5H2,(H,12,15,16). The van der Waals surface area contributed by atoms with Crippen LogP contribution in [-0.2, 0) is 19.6 Å². The SMILES string of the molecule is O=C1CN(S(=O)(=O)c2cc(Br)ccc2[N+](=O)[O-])CC(=O)N1. The number of imide groups is 1. The van der Waals surface area contributed by atoms with E-state index < -0.39 is 50.4 Å². The molecular formula is C10H8BrN3O6S. The van der Waals surface area contributed by atoms with Crippen molar-refractivity contribution in [2.45, 2.75) is 4.90 Å². The van der Waals surface area contributed by atoms with E-state index in [-0.39, 0.29) is 0 Å². The van der Waals surface area contributed by atoms with Crippen LogP contribution in [0.5, 0.6) is 0 Å². The molecule has 1 aliphatic rings. The first-order valence-corrected chi connectivity index (χ1v) is 7.72. The minimum atomic E-state index is -4.35. The molecule has 0 aliphatic carbocycles. The van der Waals surface area contributed by atoms with Crippen molar-refractivity contribution >= 4 is 43.5 Å². The van der Waals surface area contributed by atoms with Gasteiger partial charge in [0, 0.05) is 10.5 Å². The number of piperazine rings is 1. The quantitative estimate of drug-likeness (QED) is 0.448. The molecule has 1 heterocycles. The molecular weight excluding hydrogens is 370 g/mol. The molecule has 0 unspecified atom stereocenters. The van der Waals surface area contributed by atoms with Gasteiger partial charge in [-0.3, -0.25) is 25.0 Å². The Morgan fingerprint density at radius 1 is 1.24 bits per heavy atom. The topological polar surface area (TPSA) is 127 Å². The molecule has 0 atom stereocenters. The van der Waals surface area contributed by atoms with Gasteiger partial charge in [0.15, 0.2) is 4.90 Å². The van der Waals surface area contributed by atoms with Crippen molar-refractivity contribution < 1.29 is 22.9 Å². The Morgan fingerprint density at radius 2 is 1.81 bits per heavy atom. The fourth-order valence-electron chi connectivity index (χ4n) is 1.77. The maximum absolute atomic E-state index is 12.4. The summed E-state index contributed by atoms with van der Waals surface area (Å²) in [6, 6.07) is 3.42. The first-order valence-electron chi connectivity index (χ1n) is 5.48. The molecule has 1 saturated heterocycles. The van der Waals surface area contributed by atoms with Gasteiger partial charge >= 0.3 is 0 Å². The number of nitro benzene ring substituents is 1. The average molecular weight is 378 g/mol. The summed E-state index contributed by atoms with van der Waals surface area (Å²) in [6.45, 7) is -1.14. The summed E-state index contributed by atoms with van der Waals surface area (Å²) in [5, 5.41) is 12.9. The van der Waals surface area contributed by atoms with Gasteiger partial charge < -0.3 is 0 Å². The molecule has 2 amide bonds. The van der Waals surface area contributed by atoms with Gasteiger partial charge in [-0.05, 0) is 12.1 Å². The van der Waals surface area contributed by atoms with E-state index in [0.29, 0.717) is 8.78 Å². The number of halogens is 1. The van der Waals surface area contributed by atoms with E-state index in [1.165, 1.54) is 6.07 Å². The van der Waals surface area contributed by atoms with Crippen molar-refractivity contribution in [3.63, 3.8) is 0 Å². The van der Waals surface area contributed by atoms with E-state index in [1.54, 1.807) is 0 Å². The number of nitrogens with one attached hydrogen (secondary N) is 1. The number of benzene rings is 1. The lowest BCUT2D eigenvalue weighted by Gasteiger charge is -2.24. The number of hydrogen-bond acceptors (Lipinski definition) is 6. The van der Waals surface area contributed by atoms with Gasteiger partial charge in [-0.2, -0.15) is 4.31 Å². The van der Waals surface area contributed by atoms with E-state index in [2.05, 4.69) is 15.9 Å². The minimum absolute atomic E-state index is 0.319. The molecule has 0 radical (unpaired) electrons. The molecule has 1 aromatic carbocycles. The molecule has 0 bridgehead atoms. The van der Waals surface area contributed by atoms with Crippen LogP contribution in [0.4, 0.5) is 5.69 Å². The van der Waals surface area contributed by atoms with E-state index in [0.717, 1.165) is 12.1 Å². The Morgan fingerprint density at radius 3 is 2.33 bits per heavy atom. The lowest BCUT2D eigenvalue weighted by atomic mass is 10.3. The number of carbonyl (C=O) groups excluding carboxylic acids is 2. The van der Waals surface area contributed by atoms with Crippen LogP contribution in [0, 0.1) is 10.1 Å². The van der Waals surface area contributed by atoms with E-state index >= 15 is 0 Å². The predicted octanol–water partition coefficient (Wildman–Crippen LogP) is 0.00440. The largest absolute Gasteiger partial charge is 0.294 e. The van der Waals surface area contributed by atoms with Crippen LogP contribution in [0.3, 0.4) is 0 Å². The Hall–Kier alpha value is -1.85. The molecule has 9 nitrogen and oxygen atoms in total. The zero-order chi connectivity index (χ0) is 15.8. The minimum Gasteiger partial charge on any atom is -0.294 e. The monoisotopic (exact) mass is 377 g/mol. The number of sulfonamides is 1. The normalized spacial score (nSPS) is 16.6. The van der Waals surface area contributed by atoms with Crippen molar-refractivity contribution in [3.8, 4) is 0 Å². The zero-order valence-corrected chi connectivity index (χ0v) is 12.7. The van der Waals surface area contributed by atoms with Crippen LogP contribution < -0.4 is 5.32 Å². The highest BCUT2D eigenvalue weighted by Crippen LogP contribution is 2.29. The van der Waals surface area contributed by atoms with Gasteiger partial charge in [-0.25, -0.2) is 8.42 Å². The second kappa shape index (κ2) is 5.50. The molecule has 11 heteroatoms. The lowest BCUT2D eigenvalue weighted by Crippen LogP contribution is -2.53. The zero-order valence-electron chi connectivity index (χ0n) is 10.3. The Kier molecular flexibility index (Phi) is 4.07. The van der Waals surface area contributed by atoms with Crippen LogP contribution in [-0.4, -0.2) is 42.6 Å². The van der Waals surface area contributed by atoms with Crippen LogP contribution >= 0.6 is 15.9 Å². The van der Waals surface area contributed by atoms with Crippen LogP contribution in [0.1, 0.15) is 0 Å². The molecule has 2 rings (SSSR count). The molecule has 0 spiro atoms. The van der Waals surface area contributed by atoms with Gasteiger partial charge in [-0.1, -0.05) is 15.9 Å². The smallest absolute Gasteiger partial charge is 0.289 e. The van der Waals surface area contributed by atoms with E-state index in [9.17, 15) is 28.1 Å². The number of nitro groups is 1. The van der Waals surface area contributed by atoms with Crippen molar-refractivity contribution in [1.29, 1.82) is 0 Å². The van der Waals surface area contributed by atoms with Gasteiger partial charge in [0.05, 0.1) is 18.0 Å². The number of carbonyl (C=O) groups is 2. The van der Waals surface area contributed by atoms with Crippen molar-refractivity contribution in [2.75, 3.05) is 13.1 Å². The van der Waals surface area contributed by atoms with Crippen LogP contribution in [0.15, 0.2) is 27.6 Å². The second-order valence-corrected chi connectivity index (χ2v) is 6.94. The second-order valence-electron chi connectivity index (χ2n) is 4.11. The molecule has 21 heavy (non-hydrogen) atoms. The summed E-state index contributed by atoms with van der Waals surface area (Å²) in [5.41, 5.74) is -0.628. The van der Waals surface area contributed by atoms with Gasteiger partial charge in [0.2, 0.25) is 11.8 Å². The lowest BCUT2D eigenvalue weighted by molar-refractivity contribution is -0.387. The van der Waals surface area contributed by atoms with Gasteiger partial charge in [-0.15, -0.1) is 0 Å². The summed E-state index contributed by atoms with van der Waals surface area (Å²) >= 11 is 3.03. The maximum Gasteiger partial charge on any atom is 0.289 e. The first kappa shape index (κ1) is 15.5. The molecule has 1 aromatic rings. The highest BCUT2D eigenvalue weighted by molar-refractivity contribution is 9.10. The number of hydrogen-bond donors (Lipinski definition) is 1. The fourth-order valence-corrected chi connectivity index (χ4v) is 3.81. The molecule has 1 fully saturated rings. The van der Waals surface area contributed by atoms with Crippen molar-refractivity contribution in [2.24, 2.45) is 0 Å². The van der Waals surface area contributed by atoms with Gasteiger partial charge in [0.25, 0.3) is 15.7 Å². The first-order chi connectivity index (χ1) is 9.71. The molecule has 1 N–H and O–H groups in total. The summed E-state index contributed by atoms with van der Waals surface area (Å²) in [5.74, 6) is -1.57. The van der Waals surface area contributed by atoms with Gasteiger partial charge in [0.1, 0.15) is 0 Å². The Bertz CT molecular complexity index is 731. The average Bonchev–Trinajstić information content (AvgIpc) is 2.37. The van der Waals surface area contributed by atoms with E-state index in [1.807, 2.05) is 5.32 Å². The molecule has 0 aromatic heterocycles. The number of nitrogens with zero attached hydrogens (tertiary/aromatic N) is 2. The number of amides is 2. The molecule has 0 saturated carbocycles. The van der Waals surface area contributed by atoms with Crippen molar-refractivity contribution in [1.82, 2.24) is 9.62 Å². The third-order valence-corrected chi connectivity index (χ3v) is 4.97. The third-order valence-electron chi connectivity index (χ3n) is 2.66. The maximum atomic E-state index is 12.4.